The Morgan fingerprint density at radius 3 is 2.60 bits per heavy atom. The molecule has 7 nitrogen and oxygen atoms in total. The van der Waals surface area contributed by atoms with Crippen molar-refractivity contribution in [3.8, 4) is 22.6 Å². The van der Waals surface area contributed by atoms with E-state index in [9.17, 15) is 9.59 Å². The summed E-state index contributed by atoms with van der Waals surface area (Å²) < 4.78 is 16.1. The number of aromatic nitrogens is 1. The molecule has 7 heteroatoms. The lowest BCUT2D eigenvalue weighted by molar-refractivity contribution is -0.118. The number of carbonyl (C=O) groups excluding carboxylic acids is 1. The molecule has 1 amide bonds. The van der Waals surface area contributed by atoms with Crippen molar-refractivity contribution in [3.63, 3.8) is 0 Å². The molecule has 0 aliphatic heterocycles. The summed E-state index contributed by atoms with van der Waals surface area (Å²) >= 11 is 0. The lowest BCUT2D eigenvalue weighted by atomic mass is 10.1. The van der Waals surface area contributed by atoms with E-state index >= 15 is 0 Å². The first-order chi connectivity index (χ1) is 14.6. The van der Waals surface area contributed by atoms with Gasteiger partial charge in [-0.05, 0) is 54.1 Å². The number of nitrogens with one attached hydrogen (secondary N) is 1. The first-order valence-electron chi connectivity index (χ1n) is 9.17. The first-order valence-corrected chi connectivity index (χ1v) is 9.17. The van der Waals surface area contributed by atoms with Gasteiger partial charge in [-0.2, -0.15) is 0 Å². The van der Waals surface area contributed by atoms with Crippen molar-refractivity contribution in [2.24, 2.45) is 0 Å². The third kappa shape index (κ3) is 4.30. The Labute approximate surface area is 171 Å². The number of anilines is 1. The highest BCUT2D eigenvalue weighted by Crippen LogP contribution is 2.25. The molecule has 0 atom stereocenters. The Hall–Kier alpha value is -4.13. The number of ether oxygens (including phenoxy) is 2. The van der Waals surface area contributed by atoms with E-state index in [0.29, 0.717) is 33.9 Å². The highest BCUT2D eigenvalue weighted by atomic mass is 16.5. The van der Waals surface area contributed by atoms with Crippen LogP contribution in [-0.2, 0) is 4.79 Å². The smallest absolute Gasteiger partial charge is 0.344 e. The zero-order chi connectivity index (χ0) is 20.9. The number of fused-ring (bicyclic) bond motifs is 1. The van der Waals surface area contributed by atoms with Crippen LogP contribution >= 0.6 is 0 Å². The molecule has 0 aliphatic rings. The number of carbonyl (C=O) groups is 1. The number of hydrogen-bond acceptors (Lipinski definition) is 6. The molecule has 4 aromatic rings. The SMILES string of the molecule is COc1ccc2oc(=O)c(-c3ccc(OCC(=O)Nc4cccnc4)cc3)cc2c1. The van der Waals surface area contributed by atoms with Crippen LogP contribution < -0.4 is 20.4 Å². The van der Waals surface area contributed by atoms with Crippen LogP contribution in [0.1, 0.15) is 0 Å². The van der Waals surface area contributed by atoms with Gasteiger partial charge in [-0.3, -0.25) is 9.78 Å². The molecule has 150 valence electrons. The average molecular weight is 402 g/mol. The van der Waals surface area contributed by atoms with Gasteiger partial charge in [-0.15, -0.1) is 0 Å². The largest absolute Gasteiger partial charge is 0.497 e. The highest BCUT2D eigenvalue weighted by Gasteiger charge is 2.10. The van der Waals surface area contributed by atoms with Crippen LogP contribution in [0.3, 0.4) is 0 Å². The van der Waals surface area contributed by atoms with Gasteiger partial charge < -0.3 is 19.2 Å². The Morgan fingerprint density at radius 1 is 1.07 bits per heavy atom. The van der Waals surface area contributed by atoms with Crippen molar-refractivity contribution in [3.05, 3.63) is 83.5 Å². The Kier molecular flexibility index (Phi) is 5.43. The summed E-state index contributed by atoms with van der Waals surface area (Å²) in [7, 11) is 1.58. The summed E-state index contributed by atoms with van der Waals surface area (Å²) in [5.74, 6) is 0.888. The summed E-state index contributed by atoms with van der Waals surface area (Å²) in [6.45, 7) is -0.147. The van der Waals surface area contributed by atoms with Crippen molar-refractivity contribution >= 4 is 22.6 Å². The quantitative estimate of drug-likeness (QED) is 0.492. The molecule has 0 radical (unpaired) electrons. The number of benzene rings is 2. The van der Waals surface area contributed by atoms with Crippen LogP contribution in [0, 0.1) is 0 Å². The maximum Gasteiger partial charge on any atom is 0.344 e. The number of hydrogen-bond donors (Lipinski definition) is 1. The van der Waals surface area contributed by atoms with Gasteiger partial charge in [0.2, 0.25) is 0 Å². The fourth-order valence-corrected chi connectivity index (χ4v) is 2.94. The molecule has 0 saturated carbocycles. The normalized spacial score (nSPS) is 10.6. The Morgan fingerprint density at radius 2 is 1.87 bits per heavy atom. The number of amides is 1. The predicted octanol–water partition coefficient (Wildman–Crippen LogP) is 3.88. The standard InChI is InChI=1S/C23H18N2O5/c1-28-19-8-9-21-16(11-19)12-20(23(27)30-21)15-4-6-18(7-5-15)29-14-22(26)25-17-3-2-10-24-13-17/h2-13H,14H2,1H3,(H,25,26). The predicted molar refractivity (Wildman–Crippen MR) is 113 cm³/mol. The maximum atomic E-state index is 12.4. The van der Waals surface area contributed by atoms with Crippen LogP contribution in [0.25, 0.3) is 22.1 Å². The van der Waals surface area contributed by atoms with E-state index in [1.165, 1.54) is 0 Å². The second-order valence-corrected chi connectivity index (χ2v) is 6.45. The van der Waals surface area contributed by atoms with Crippen molar-refractivity contribution in [1.29, 1.82) is 0 Å². The average Bonchev–Trinajstić information content (AvgIpc) is 2.78. The number of nitrogens with zero attached hydrogens (tertiary/aromatic N) is 1. The van der Waals surface area contributed by atoms with Gasteiger partial charge in [-0.25, -0.2) is 4.79 Å². The van der Waals surface area contributed by atoms with Crippen LogP contribution in [0.15, 0.2) is 82.3 Å². The van der Waals surface area contributed by atoms with Crippen LogP contribution in [0.4, 0.5) is 5.69 Å². The molecule has 0 aliphatic carbocycles. The van der Waals surface area contributed by atoms with Gasteiger partial charge in [0.15, 0.2) is 6.61 Å². The molecule has 30 heavy (non-hydrogen) atoms. The van der Waals surface area contributed by atoms with E-state index in [1.54, 1.807) is 80.2 Å². The topological polar surface area (TPSA) is 90.7 Å². The van der Waals surface area contributed by atoms with Crippen LogP contribution in [0.5, 0.6) is 11.5 Å². The van der Waals surface area contributed by atoms with Gasteiger partial charge in [0.1, 0.15) is 17.1 Å². The third-order valence-corrected chi connectivity index (χ3v) is 4.42. The second kappa shape index (κ2) is 8.48. The summed E-state index contributed by atoms with van der Waals surface area (Å²) in [5, 5.41) is 3.45. The summed E-state index contributed by atoms with van der Waals surface area (Å²) in [4.78, 5) is 28.3. The molecular weight excluding hydrogens is 384 g/mol. The molecule has 4 rings (SSSR count). The number of pyridine rings is 1. The van der Waals surface area contributed by atoms with E-state index in [1.807, 2.05) is 0 Å². The summed E-state index contributed by atoms with van der Waals surface area (Å²) in [6.07, 6.45) is 3.18. The molecule has 0 spiro atoms. The van der Waals surface area contributed by atoms with E-state index in [2.05, 4.69) is 10.3 Å². The molecular formula is C23H18N2O5. The fourth-order valence-electron chi connectivity index (χ4n) is 2.94. The Bertz CT molecular complexity index is 1230. The number of rotatable bonds is 6. The van der Waals surface area contributed by atoms with Crippen molar-refractivity contribution in [1.82, 2.24) is 4.98 Å². The van der Waals surface area contributed by atoms with E-state index in [0.717, 1.165) is 5.39 Å². The first kappa shape index (κ1) is 19.2. The third-order valence-electron chi connectivity index (χ3n) is 4.42. The van der Waals surface area contributed by atoms with Gasteiger partial charge in [0.05, 0.1) is 24.6 Å². The maximum absolute atomic E-state index is 12.4. The minimum absolute atomic E-state index is 0.147. The molecule has 0 fully saturated rings. The number of methoxy groups -OCH3 is 1. The van der Waals surface area contributed by atoms with Crippen molar-refractivity contribution in [2.45, 2.75) is 0 Å². The van der Waals surface area contributed by atoms with E-state index in [-0.39, 0.29) is 12.5 Å². The highest BCUT2D eigenvalue weighted by molar-refractivity contribution is 5.91. The molecule has 0 unspecified atom stereocenters. The molecule has 0 bridgehead atoms. The van der Waals surface area contributed by atoms with E-state index in [4.69, 9.17) is 13.9 Å². The Balaban J connectivity index is 1.47. The van der Waals surface area contributed by atoms with Gasteiger partial charge >= 0.3 is 5.63 Å². The minimum Gasteiger partial charge on any atom is -0.497 e. The molecule has 2 aromatic carbocycles. The summed E-state index contributed by atoms with van der Waals surface area (Å²) in [5.41, 5.74) is 1.76. The van der Waals surface area contributed by atoms with E-state index < -0.39 is 5.63 Å². The molecule has 1 N–H and O–H groups in total. The summed E-state index contributed by atoms with van der Waals surface area (Å²) in [6, 6.07) is 17.4. The van der Waals surface area contributed by atoms with Crippen LogP contribution in [-0.4, -0.2) is 24.6 Å². The van der Waals surface area contributed by atoms with Crippen molar-refractivity contribution in [2.75, 3.05) is 19.0 Å². The molecule has 2 aromatic heterocycles. The molecule has 2 heterocycles. The monoisotopic (exact) mass is 402 g/mol. The minimum atomic E-state index is -0.433. The van der Waals surface area contributed by atoms with Gasteiger partial charge in [0, 0.05) is 11.6 Å². The zero-order valence-corrected chi connectivity index (χ0v) is 16.1. The van der Waals surface area contributed by atoms with Gasteiger partial charge in [0.25, 0.3) is 5.91 Å². The zero-order valence-electron chi connectivity index (χ0n) is 16.1. The fraction of sp³-hybridized carbons (Fsp3) is 0.0870. The lowest BCUT2D eigenvalue weighted by Gasteiger charge is -2.08. The second-order valence-electron chi connectivity index (χ2n) is 6.45. The lowest BCUT2D eigenvalue weighted by Crippen LogP contribution is -2.20. The molecule has 0 saturated heterocycles. The van der Waals surface area contributed by atoms with Crippen LogP contribution in [0.2, 0.25) is 0 Å². The van der Waals surface area contributed by atoms with Crippen molar-refractivity contribution < 1.29 is 18.7 Å². The van der Waals surface area contributed by atoms with Gasteiger partial charge in [-0.1, -0.05) is 12.1 Å².